The van der Waals surface area contributed by atoms with Crippen LogP contribution in [0.4, 0.5) is 4.39 Å². The van der Waals surface area contributed by atoms with E-state index in [0.717, 1.165) is 25.7 Å². The van der Waals surface area contributed by atoms with E-state index < -0.39 is 0 Å². The van der Waals surface area contributed by atoms with E-state index in [-0.39, 0.29) is 23.5 Å². The molecule has 3 rings (SSSR count). The van der Waals surface area contributed by atoms with E-state index >= 15 is 0 Å². The monoisotopic (exact) mass is 371 g/mol. The lowest BCUT2D eigenvalue weighted by molar-refractivity contribution is -0.120. The van der Waals surface area contributed by atoms with Crippen LogP contribution in [0.25, 0.3) is 20.7 Å². The molecule has 0 unspecified atom stereocenters. The zero-order valence-corrected chi connectivity index (χ0v) is 15.0. The van der Waals surface area contributed by atoms with Crippen molar-refractivity contribution in [3.8, 4) is 22.8 Å². The van der Waals surface area contributed by atoms with E-state index in [1.165, 1.54) is 41.6 Å². The molecule has 1 atom stereocenters. The fourth-order valence-electron chi connectivity index (χ4n) is 2.18. The van der Waals surface area contributed by atoms with Gasteiger partial charge in [0.25, 0.3) is 0 Å². The number of hydrogen-bond donors (Lipinski definition) is 1. The lowest BCUT2D eigenvalue weighted by Crippen LogP contribution is -2.31. The number of thiophene rings is 1. The average molecular weight is 371 g/mol. The van der Waals surface area contributed by atoms with Gasteiger partial charge >= 0.3 is 0 Å². The summed E-state index contributed by atoms with van der Waals surface area (Å²) in [4.78, 5) is 21.6. The lowest BCUT2D eigenvalue weighted by Gasteiger charge is -2.10. The summed E-state index contributed by atoms with van der Waals surface area (Å²) in [6.45, 7) is 2.01. The Hall–Kier alpha value is -2.43. The van der Waals surface area contributed by atoms with Gasteiger partial charge in [-0.2, -0.15) is 0 Å². The molecule has 0 aliphatic carbocycles. The second-order valence-corrected chi connectivity index (χ2v) is 7.57. The summed E-state index contributed by atoms with van der Waals surface area (Å²) < 4.78 is 14.0. The molecule has 0 aliphatic rings. The number of carbonyl (C=O) groups excluding carboxylic acids is 1. The van der Waals surface area contributed by atoms with Crippen LogP contribution >= 0.6 is 23.1 Å². The molecule has 2 heterocycles. The molecule has 7 heteroatoms. The van der Waals surface area contributed by atoms with Crippen LogP contribution in [-0.2, 0) is 4.79 Å². The highest BCUT2D eigenvalue weighted by atomic mass is 32.2. The number of amides is 1. The van der Waals surface area contributed by atoms with Crippen molar-refractivity contribution in [1.82, 2.24) is 15.3 Å². The fourth-order valence-corrected chi connectivity index (χ4v) is 4.29. The van der Waals surface area contributed by atoms with Gasteiger partial charge in [0.15, 0.2) is 0 Å². The van der Waals surface area contributed by atoms with Gasteiger partial charge in [0.2, 0.25) is 5.91 Å². The van der Waals surface area contributed by atoms with Crippen LogP contribution in [0.5, 0.6) is 0 Å². The molecule has 0 spiro atoms. The highest BCUT2D eigenvalue weighted by Crippen LogP contribution is 2.37. The number of fused-ring (bicyclic) bond motifs is 1. The second-order valence-electron chi connectivity index (χ2n) is 5.19. The number of terminal acetylenes is 1. The van der Waals surface area contributed by atoms with Crippen LogP contribution in [0.3, 0.4) is 0 Å². The predicted octanol–water partition coefficient (Wildman–Crippen LogP) is 3.73. The smallest absolute Gasteiger partial charge is 0.234 e. The third-order valence-corrected chi connectivity index (χ3v) is 5.84. The second kappa shape index (κ2) is 7.64. The largest absolute Gasteiger partial charge is 0.344 e. The van der Waals surface area contributed by atoms with Crippen LogP contribution in [0.2, 0.25) is 0 Å². The van der Waals surface area contributed by atoms with E-state index in [9.17, 15) is 9.18 Å². The third-order valence-electron chi connectivity index (χ3n) is 3.43. The van der Waals surface area contributed by atoms with Crippen molar-refractivity contribution < 1.29 is 9.18 Å². The Morgan fingerprint density at radius 1 is 1.40 bits per heavy atom. The first kappa shape index (κ1) is 17.4. The Labute approximate surface area is 152 Å². The number of carbonyl (C=O) groups is 1. The van der Waals surface area contributed by atoms with Crippen molar-refractivity contribution >= 4 is 39.2 Å². The highest BCUT2D eigenvalue weighted by molar-refractivity contribution is 8.00. The Kier molecular flexibility index (Phi) is 5.31. The first-order valence-corrected chi connectivity index (χ1v) is 9.16. The van der Waals surface area contributed by atoms with Gasteiger partial charge in [-0.05, 0) is 30.7 Å². The summed E-state index contributed by atoms with van der Waals surface area (Å²) >= 11 is 2.88. The predicted molar refractivity (Wildman–Crippen MR) is 100.0 cm³/mol. The van der Waals surface area contributed by atoms with Crippen LogP contribution < -0.4 is 5.32 Å². The molecule has 0 radical (unpaired) electrons. The van der Waals surface area contributed by atoms with Gasteiger partial charge < -0.3 is 5.32 Å². The Morgan fingerprint density at radius 3 is 2.88 bits per heavy atom. The maximum atomic E-state index is 13.1. The van der Waals surface area contributed by atoms with Gasteiger partial charge in [-0.1, -0.05) is 29.8 Å². The molecule has 0 saturated carbocycles. The van der Waals surface area contributed by atoms with Crippen molar-refractivity contribution in [3.05, 3.63) is 42.5 Å². The summed E-state index contributed by atoms with van der Waals surface area (Å²) in [5.74, 6) is 1.98. The summed E-state index contributed by atoms with van der Waals surface area (Å²) in [6.07, 6.45) is 6.64. The van der Waals surface area contributed by atoms with E-state index in [2.05, 4.69) is 21.2 Å². The zero-order valence-electron chi connectivity index (χ0n) is 13.3. The number of halogens is 1. The van der Waals surface area contributed by atoms with Crippen LogP contribution in [0.15, 0.2) is 41.7 Å². The van der Waals surface area contributed by atoms with Crippen molar-refractivity contribution in [3.63, 3.8) is 0 Å². The summed E-state index contributed by atoms with van der Waals surface area (Å²) in [6, 6.07) is 8.27. The molecule has 126 valence electrons. The first-order valence-electron chi connectivity index (χ1n) is 7.47. The molecule has 3 aromatic rings. The molecular formula is C18H14FN3OS2. The van der Waals surface area contributed by atoms with Gasteiger partial charge in [0.05, 0.1) is 22.0 Å². The molecular weight excluding hydrogens is 357 g/mol. The van der Waals surface area contributed by atoms with E-state index in [1.807, 2.05) is 6.07 Å². The molecule has 0 aliphatic heterocycles. The molecule has 4 nitrogen and oxygen atoms in total. The summed E-state index contributed by atoms with van der Waals surface area (Å²) in [5.41, 5.74) is 1.72. The Bertz CT molecular complexity index is 947. The molecule has 0 bridgehead atoms. The number of hydrogen-bond acceptors (Lipinski definition) is 5. The van der Waals surface area contributed by atoms with Crippen molar-refractivity contribution in [2.45, 2.75) is 17.2 Å². The van der Waals surface area contributed by atoms with Crippen molar-refractivity contribution in [1.29, 1.82) is 0 Å². The molecule has 1 N–H and O–H groups in total. The molecule has 2 aromatic heterocycles. The van der Waals surface area contributed by atoms with Crippen molar-refractivity contribution in [2.75, 3.05) is 6.54 Å². The van der Waals surface area contributed by atoms with Gasteiger partial charge in [0.1, 0.15) is 17.2 Å². The standard InChI is InChI=1S/C18H14FN3OS2/c1-3-8-20-17(23)11(2)24-18-16-14(21-10-22-18)9-15(25-16)12-4-6-13(19)7-5-12/h1,4-7,9-11H,8H2,2H3,(H,20,23)/t11-/m0/s1. The molecule has 1 amide bonds. The number of thioether (sulfide) groups is 1. The van der Waals surface area contributed by atoms with Gasteiger partial charge in [-0.25, -0.2) is 14.4 Å². The van der Waals surface area contributed by atoms with Crippen LogP contribution in [0.1, 0.15) is 6.92 Å². The summed E-state index contributed by atoms with van der Waals surface area (Å²) in [7, 11) is 0. The molecule has 25 heavy (non-hydrogen) atoms. The van der Waals surface area contributed by atoms with E-state index in [4.69, 9.17) is 6.42 Å². The van der Waals surface area contributed by atoms with E-state index in [1.54, 1.807) is 19.1 Å². The number of nitrogens with one attached hydrogen (secondary N) is 1. The van der Waals surface area contributed by atoms with Crippen LogP contribution in [-0.4, -0.2) is 27.7 Å². The highest BCUT2D eigenvalue weighted by Gasteiger charge is 2.18. The van der Waals surface area contributed by atoms with Crippen LogP contribution in [0, 0.1) is 18.2 Å². The Morgan fingerprint density at radius 2 is 2.16 bits per heavy atom. The van der Waals surface area contributed by atoms with Gasteiger partial charge in [-0.3, -0.25) is 4.79 Å². The minimum absolute atomic E-state index is 0.134. The average Bonchev–Trinajstić information content (AvgIpc) is 3.05. The normalized spacial score (nSPS) is 11.9. The first-order chi connectivity index (χ1) is 12.1. The van der Waals surface area contributed by atoms with Gasteiger partial charge in [0, 0.05) is 4.88 Å². The number of nitrogens with zero attached hydrogens (tertiary/aromatic N) is 2. The van der Waals surface area contributed by atoms with Gasteiger partial charge in [-0.15, -0.1) is 17.8 Å². The zero-order chi connectivity index (χ0) is 17.8. The van der Waals surface area contributed by atoms with Crippen molar-refractivity contribution in [2.24, 2.45) is 0 Å². The Balaban J connectivity index is 1.88. The fraction of sp³-hybridized carbons (Fsp3) is 0.167. The maximum Gasteiger partial charge on any atom is 0.234 e. The number of rotatable bonds is 5. The SMILES string of the molecule is C#CCNC(=O)[C@H](C)Sc1ncnc2cc(-c3ccc(F)cc3)sc12. The minimum atomic E-state index is -0.331. The molecule has 1 aromatic carbocycles. The number of benzene rings is 1. The summed E-state index contributed by atoms with van der Waals surface area (Å²) in [5, 5.41) is 3.08. The third kappa shape index (κ3) is 3.98. The number of aromatic nitrogens is 2. The van der Waals surface area contributed by atoms with E-state index in [0.29, 0.717) is 0 Å². The minimum Gasteiger partial charge on any atom is -0.344 e. The molecule has 0 fully saturated rings. The lowest BCUT2D eigenvalue weighted by atomic mass is 10.2. The molecule has 0 saturated heterocycles. The maximum absolute atomic E-state index is 13.1. The topological polar surface area (TPSA) is 54.9 Å². The quantitative estimate of drug-likeness (QED) is 0.422.